The zero-order valence-corrected chi connectivity index (χ0v) is 15.6. The second-order valence-corrected chi connectivity index (χ2v) is 7.19. The van der Waals surface area contributed by atoms with Crippen molar-refractivity contribution in [3.05, 3.63) is 36.5 Å². The van der Waals surface area contributed by atoms with Gasteiger partial charge in [-0.1, -0.05) is 37.5 Å². The molecule has 0 bridgehead atoms. The highest BCUT2D eigenvalue weighted by Gasteiger charge is 2.35. The van der Waals surface area contributed by atoms with Crippen molar-refractivity contribution in [1.29, 1.82) is 5.26 Å². The van der Waals surface area contributed by atoms with Crippen LogP contribution in [0.5, 0.6) is 0 Å². The summed E-state index contributed by atoms with van der Waals surface area (Å²) in [6, 6.07) is 12.2. The molecule has 27 heavy (non-hydrogen) atoms. The van der Waals surface area contributed by atoms with Crippen LogP contribution < -0.4 is 5.32 Å². The lowest BCUT2D eigenvalue weighted by Crippen LogP contribution is -2.52. The molecule has 0 saturated heterocycles. The Hall–Kier alpha value is -2.81. The van der Waals surface area contributed by atoms with Crippen LogP contribution >= 0.6 is 0 Å². The molecule has 6 heteroatoms. The average molecular weight is 367 g/mol. The van der Waals surface area contributed by atoms with Crippen LogP contribution in [0, 0.1) is 11.3 Å². The minimum atomic E-state index is -0.911. The number of aromatic nitrogens is 1. The molecule has 1 aromatic heterocycles. The molecule has 6 nitrogen and oxygen atoms in total. The number of hydrogen-bond donors (Lipinski definition) is 1. The monoisotopic (exact) mass is 367 g/mol. The second-order valence-electron chi connectivity index (χ2n) is 7.19. The van der Waals surface area contributed by atoms with E-state index in [1.54, 1.807) is 6.92 Å². The van der Waals surface area contributed by atoms with Gasteiger partial charge in [0, 0.05) is 18.3 Å². The van der Waals surface area contributed by atoms with Crippen LogP contribution in [0.1, 0.15) is 45.4 Å². The maximum absolute atomic E-state index is 12.4. The van der Waals surface area contributed by atoms with Crippen molar-refractivity contribution >= 4 is 22.8 Å². The van der Waals surface area contributed by atoms with E-state index in [1.165, 1.54) is 0 Å². The third kappa shape index (κ3) is 4.48. The highest BCUT2D eigenvalue weighted by molar-refractivity contribution is 5.84. The first-order valence-electron chi connectivity index (χ1n) is 9.50. The maximum Gasteiger partial charge on any atom is 0.308 e. The minimum Gasteiger partial charge on any atom is -0.452 e. The van der Waals surface area contributed by atoms with Crippen LogP contribution in [-0.4, -0.2) is 28.1 Å². The summed E-state index contributed by atoms with van der Waals surface area (Å²) in [7, 11) is 0. The van der Waals surface area contributed by atoms with Gasteiger partial charge >= 0.3 is 5.97 Å². The lowest BCUT2D eigenvalue weighted by molar-refractivity contribution is -0.155. The first kappa shape index (κ1) is 19.0. The van der Waals surface area contributed by atoms with Gasteiger partial charge in [0.1, 0.15) is 5.54 Å². The van der Waals surface area contributed by atoms with Crippen LogP contribution in [0.25, 0.3) is 10.9 Å². The number of aryl methyl sites for hydroxylation is 1. The molecule has 1 amide bonds. The summed E-state index contributed by atoms with van der Waals surface area (Å²) in [5.74, 6) is -0.830. The number of ether oxygens (including phenoxy) is 1. The van der Waals surface area contributed by atoms with Crippen molar-refractivity contribution in [3.63, 3.8) is 0 Å². The van der Waals surface area contributed by atoms with Crippen molar-refractivity contribution in [2.75, 3.05) is 0 Å². The Kier molecular flexibility index (Phi) is 5.80. The van der Waals surface area contributed by atoms with Crippen LogP contribution in [0.2, 0.25) is 0 Å². The number of carbonyl (C=O) groups excluding carboxylic acids is 2. The van der Waals surface area contributed by atoms with Gasteiger partial charge in [-0.2, -0.15) is 5.26 Å². The number of nitrogens with one attached hydrogen (secondary N) is 1. The minimum absolute atomic E-state index is 0.180. The van der Waals surface area contributed by atoms with E-state index in [-0.39, 0.29) is 6.42 Å². The Balaban J connectivity index is 1.51. The largest absolute Gasteiger partial charge is 0.452 e. The van der Waals surface area contributed by atoms with Gasteiger partial charge in [0.25, 0.3) is 5.91 Å². The molecule has 1 fully saturated rings. The molecule has 0 spiro atoms. The summed E-state index contributed by atoms with van der Waals surface area (Å²) in [6.45, 7) is 2.04. The summed E-state index contributed by atoms with van der Waals surface area (Å²) in [6.07, 6.45) is 5.43. The number of rotatable bonds is 6. The molecule has 1 aliphatic carbocycles. The Morgan fingerprint density at radius 1 is 1.26 bits per heavy atom. The van der Waals surface area contributed by atoms with Crippen molar-refractivity contribution in [2.45, 2.75) is 63.6 Å². The third-order valence-electron chi connectivity index (χ3n) is 5.20. The first-order chi connectivity index (χ1) is 13.0. The van der Waals surface area contributed by atoms with Crippen LogP contribution in [0.15, 0.2) is 36.5 Å². The Morgan fingerprint density at radius 2 is 2.00 bits per heavy atom. The van der Waals surface area contributed by atoms with E-state index in [0.717, 1.165) is 30.2 Å². The van der Waals surface area contributed by atoms with Crippen LogP contribution in [-0.2, 0) is 20.9 Å². The highest BCUT2D eigenvalue weighted by Crippen LogP contribution is 2.27. The standard InChI is InChI=1S/C21H25N3O3/c1-16(20(26)23-21(15-22)11-5-2-6-12-21)27-19(25)10-14-24-13-9-17-7-3-4-8-18(17)24/h3-4,7-9,13,16H,2,5-6,10-12,14H2,1H3,(H,23,26). The van der Waals surface area contributed by atoms with Crippen LogP contribution in [0.3, 0.4) is 0 Å². The van der Waals surface area contributed by atoms with Crippen LogP contribution in [0.4, 0.5) is 0 Å². The molecule has 1 aromatic carbocycles. The molecule has 2 aromatic rings. The number of fused-ring (bicyclic) bond motifs is 1. The average Bonchev–Trinajstić information content (AvgIpc) is 3.10. The summed E-state index contributed by atoms with van der Waals surface area (Å²) < 4.78 is 7.27. The van der Waals surface area contributed by atoms with Gasteiger partial charge in [-0.05, 0) is 37.3 Å². The summed E-state index contributed by atoms with van der Waals surface area (Å²) in [5.41, 5.74) is 0.240. The van der Waals surface area contributed by atoms with E-state index < -0.39 is 23.5 Å². The molecule has 1 N–H and O–H groups in total. The Morgan fingerprint density at radius 3 is 2.74 bits per heavy atom. The van der Waals surface area contributed by atoms with E-state index in [0.29, 0.717) is 19.4 Å². The second kappa shape index (κ2) is 8.26. The van der Waals surface area contributed by atoms with E-state index in [9.17, 15) is 14.9 Å². The SMILES string of the molecule is CC(OC(=O)CCn1ccc2ccccc21)C(=O)NC1(C#N)CCCCC1. The molecule has 1 unspecified atom stereocenters. The fourth-order valence-corrected chi connectivity index (χ4v) is 3.61. The van der Waals surface area contributed by atoms with E-state index in [4.69, 9.17) is 4.74 Å². The van der Waals surface area contributed by atoms with Gasteiger partial charge in [-0.25, -0.2) is 0 Å². The van der Waals surface area contributed by atoms with Gasteiger partial charge in [0.15, 0.2) is 6.10 Å². The predicted molar refractivity (Wildman–Crippen MR) is 102 cm³/mol. The van der Waals surface area contributed by atoms with E-state index in [1.807, 2.05) is 41.1 Å². The number of carbonyl (C=O) groups is 2. The molecular weight excluding hydrogens is 342 g/mol. The molecule has 1 atom stereocenters. The molecule has 0 aliphatic heterocycles. The maximum atomic E-state index is 12.4. The van der Waals surface area contributed by atoms with Crippen molar-refractivity contribution < 1.29 is 14.3 Å². The molecule has 0 radical (unpaired) electrons. The normalized spacial score (nSPS) is 17.0. The van der Waals surface area contributed by atoms with Gasteiger partial charge in [0.2, 0.25) is 0 Å². The van der Waals surface area contributed by atoms with E-state index in [2.05, 4.69) is 11.4 Å². The highest BCUT2D eigenvalue weighted by atomic mass is 16.5. The summed E-state index contributed by atoms with van der Waals surface area (Å²) >= 11 is 0. The molecule has 1 saturated carbocycles. The van der Waals surface area contributed by atoms with Gasteiger partial charge in [-0.3, -0.25) is 9.59 Å². The number of hydrogen-bond acceptors (Lipinski definition) is 4. The number of para-hydroxylation sites is 1. The molecule has 3 rings (SSSR count). The number of amides is 1. The van der Waals surface area contributed by atoms with Crippen molar-refractivity contribution in [1.82, 2.24) is 9.88 Å². The van der Waals surface area contributed by atoms with Crippen molar-refractivity contribution in [3.8, 4) is 6.07 Å². The lowest BCUT2D eigenvalue weighted by atomic mass is 9.83. The third-order valence-corrected chi connectivity index (χ3v) is 5.20. The topological polar surface area (TPSA) is 84.1 Å². The fourth-order valence-electron chi connectivity index (χ4n) is 3.61. The van der Waals surface area contributed by atoms with Gasteiger partial charge in [-0.15, -0.1) is 0 Å². The fraction of sp³-hybridized carbons (Fsp3) is 0.476. The summed E-state index contributed by atoms with van der Waals surface area (Å²) in [4.78, 5) is 24.5. The van der Waals surface area contributed by atoms with E-state index >= 15 is 0 Å². The number of nitrogens with zero attached hydrogens (tertiary/aromatic N) is 2. The van der Waals surface area contributed by atoms with Crippen molar-refractivity contribution in [2.24, 2.45) is 0 Å². The molecule has 1 aliphatic rings. The number of benzene rings is 1. The van der Waals surface area contributed by atoms with Gasteiger partial charge < -0.3 is 14.6 Å². The Bertz CT molecular complexity index is 859. The molecule has 1 heterocycles. The molecular formula is C21H25N3O3. The zero-order valence-electron chi connectivity index (χ0n) is 15.6. The summed E-state index contributed by atoms with van der Waals surface area (Å²) in [5, 5.41) is 13.4. The predicted octanol–water partition coefficient (Wildman–Crippen LogP) is 3.31. The molecule has 142 valence electrons. The van der Waals surface area contributed by atoms with Gasteiger partial charge in [0.05, 0.1) is 12.5 Å². The smallest absolute Gasteiger partial charge is 0.308 e. The number of nitriles is 1. The quantitative estimate of drug-likeness (QED) is 0.794. The Labute approximate surface area is 159 Å². The lowest BCUT2D eigenvalue weighted by Gasteiger charge is -2.32. The first-order valence-corrected chi connectivity index (χ1v) is 9.50. The number of esters is 1. The zero-order chi connectivity index (χ0) is 19.3.